The number of hydrogen-bond acceptors (Lipinski definition) is 4. The fourth-order valence-corrected chi connectivity index (χ4v) is 2.46. The van der Waals surface area contributed by atoms with Crippen molar-refractivity contribution in [3.63, 3.8) is 0 Å². The number of carbonyl (C=O) groups is 2. The van der Waals surface area contributed by atoms with Gasteiger partial charge in [-0.1, -0.05) is 6.92 Å². The lowest BCUT2D eigenvalue weighted by molar-refractivity contribution is -0.134. The second-order valence-corrected chi connectivity index (χ2v) is 6.52. The molecule has 1 aromatic carbocycles. The van der Waals surface area contributed by atoms with E-state index in [0.717, 1.165) is 11.3 Å². The summed E-state index contributed by atoms with van der Waals surface area (Å²) in [5.41, 5.74) is 1.27. The molecule has 0 aromatic heterocycles. The van der Waals surface area contributed by atoms with Crippen molar-refractivity contribution in [3.8, 4) is 5.75 Å². The summed E-state index contributed by atoms with van der Waals surface area (Å²) in [6, 6.07) is 5.36. The van der Waals surface area contributed by atoms with Gasteiger partial charge in [0.1, 0.15) is 11.4 Å². The number of anilines is 1. The van der Waals surface area contributed by atoms with Crippen molar-refractivity contribution in [1.82, 2.24) is 0 Å². The molecule has 1 unspecified atom stereocenters. The molecule has 0 bridgehead atoms. The quantitative estimate of drug-likeness (QED) is 0.617. The second-order valence-electron chi connectivity index (χ2n) is 6.52. The number of nitrogens with zero attached hydrogens (tertiary/aromatic N) is 1. The fourth-order valence-electron chi connectivity index (χ4n) is 2.46. The number of benzene rings is 1. The van der Waals surface area contributed by atoms with E-state index in [2.05, 4.69) is 0 Å². The van der Waals surface area contributed by atoms with Gasteiger partial charge in [0.15, 0.2) is 0 Å². The molecule has 1 aliphatic heterocycles. The van der Waals surface area contributed by atoms with Crippen molar-refractivity contribution in [3.05, 3.63) is 23.8 Å². The van der Waals surface area contributed by atoms with Crippen LogP contribution in [0.3, 0.4) is 0 Å². The van der Waals surface area contributed by atoms with Crippen LogP contribution in [-0.4, -0.2) is 23.7 Å². The molecule has 5 heteroatoms. The summed E-state index contributed by atoms with van der Waals surface area (Å²) in [6.45, 7) is 9.27. The number of carbonyl (C=O) groups excluding carboxylic acids is 2. The number of rotatable bonds is 2. The minimum absolute atomic E-state index is 0.0157. The molecule has 1 amide bonds. The number of esters is 1. The van der Waals surface area contributed by atoms with Gasteiger partial charge in [0.05, 0.1) is 5.69 Å². The number of ether oxygens (including phenoxy) is 2. The van der Waals surface area contributed by atoms with Gasteiger partial charge in [0.25, 0.3) is 0 Å². The van der Waals surface area contributed by atoms with Crippen LogP contribution in [0.4, 0.5) is 10.5 Å². The summed E-state index contributed by atoms with van der Waals surface area (Å²) in [4.78, 5) is 25.4. The summed E-state index contributed by atoms with van der Waals surface area (Å²) in [5.74, 6) is 0.249. The zero-order valence-electron chi connectivity index (χ0n) is 13.8. The van der Waals surface area contributed by atoms with Crippen LogP contribution >= 0.6 is 0 Å². The van der Waals surface area contributed by atoms with Crippen LogP contribution in [0.2, 0.25) is 0 Å². The Kier molecular flexibility index (Phi) is 4.44. The predicted octanol–water partition coefficient (Wildman–Crippen LogP) is 3.69. The summed E-state index contributed by atoms with van der Waals surface area (Å²) >= 11 is 0. The van der Waals surface area contributed by atoms with Gasteiger partial charge in [-0.3, -0.25) is 9.69 Å². The molecule has 22 heavy (non-hydrogen) atoms. The molecule has 0 spiro atoms. The van der Waals surface area contributed by atoms with Crippen LogP contribution in [0.1, 0.15) is 46.6 Å². The standard InChI is InChI=1S/C17H23NO4/c1-6-15(19)21-13-7-8-14-12(10-13)9-11(2)18(14)16(20)22-17(3,4)5/h7-8,10-11H,6,9H2,1-5H3. The lowest BCUT2D eigenvalue weighted by Crippen LogP contribution is -2.40. The Bertz CT molecular complexity index is 589. The summed E-state index contributed by atoms with van der Waals surface area (Å²) < 4.78 is 10.7. The first-order valence-corrected chi connectivity index (χ1v) is 7.57. The van der Waals surface area contributed by atoms with Crippen molar-refractivity contribution >= 4 is 17.7 Å². The van der Waals surface area contributed by atoms with Gasteiger partial charge in [-0.05, 0) is 57.9 Å². The van der Waals surface area contributed by atoms with Gasteiger partial charge in [-0.25, -0.2) is 4.79 Å². The normalized spacial score (nSPS) is 17.1. The van der Waals surface area contributed by atoms with Crippen LogP contribution < -0.4 is 9.64 Å². The molecule has 1 atom stereocenters. The molecule has 0 radical (unpaired) electrons. The molecule has 1 heterocycles. The van der Waals surface area contributed by atoms with Crippen LogP contribution in [-0.2, 0) is 16.0 Å². The molecule has 5 nitrogen and oxygen atoms in total. The smallest absolute Gasteiger partial charge is 0.415 e. The van der Waals surface area contributed by atoms with Crippen molar-refractivity contribution in [2.24, 2.45) is 0 Å². The van der Waals surface area contributed by atoms with E-state index in [9.17, 15) is 9.59 Å². The Morgan fingerprint density at radius 1 is 1.32 bits per heavy atom. The highest BCUT2D eigenvalue weighted by atomic mass is 16.6. The van der Waals surface area contributed by atoms with E-state index in [1.807, 2.05) is 33.8 Å². The van der Waals surface area contributed by atoms with Gasteiger partial charge in [-0.15, -0.1) is 0 Å². The zero-order valence-corrected chi connectivity index (χ0v) is 13.8. The molecular formula is C17H23NO4. The SMILES string of the molecule is CCC(=O)Oc1ccc2c(c1)CC(C)N2C(=O)OC(C)(C)C. The number of hydrogen-bond donors (Lipinski definition) is 0. The highest BCUT2D eigenvalue weighted by Crippen LogP contribution is 2.35. The van der Waals surface area contributed by atoms with Gasteiger partial charge >= 0.3 is 12.1 Å². The van der Waals surface area contributed by atoms with Gasteiger partial charge in [0, 0.05) is 12.5 Å². The van der Waals surface area contributed by atoms with Crippen molar-refractivity contribution in [2.75, 3.05) is 4.90 Å². The molecule has 1 aliphatic rings. The molecule has 0 saturated carbocycles. The van der Waals surface area contributed by atoms with Crippen LogP contribution in [0.15, 0.2) is 18.2 Å². The molecule has 0 N–H and O–H groups in total. The Hall–Kier alpha value is -2.04. The summed E-state index contributed by atoms with van der Waals surface area (Å²) in [6.07, 6.45) is 0.695. The Morgan fingerprint density at radius 3 is 2.59 bits per heavy atom. The van der Waals surface area contributed by atoms with Crippen LogP contribution in [0.5, 0.6) is 5.75 Å². The van der Waals surface area contributed by atoms with Gasteiger partial charge in [0.2, 0.25) is 0 Å². The molecule has 2 rings (SSSR count). The lowest BCUT2D eigenvalue weighted by Gasteiger charge is -2.27. The third-order valence-corrected chi connectivity index (χ3v) is 3.38. The third kappa shape index (κ3) is 3.59. The maximum atomic E-state index is 12.4. The second kappa shape index (κ2) is 5.99. The van der Waals surface area contributed by atoms with E-state index in [0.29, 0.717) is 18.6 Å². The van der Waals surface area contributed by atoms with Gasteiger partial charge < -0.3 is 9.47 Å². The van der Waals surface area contributed by atoms with Crippen molar-refractivity contribution in [1.29, 1.82) is 0 Å². The van der Waals surface area contributed by atoms with E-state index in [-0.39, 0.29) is 18.1 Å². The molecule has 1 aromatic rings. The summed E-state index contributed by atoms with van der Waals surface area (Å²) in [7, 11) is 0. The average Bonchev–Trinajstić information content (AvgIpc) is 2.71. The molecule has 120 valence electrons. The first-order valence-electron chi connectivity index (χ1n) is 7.57. The van der Waals surface area contributed by atoms with Crippen LogP contribution in [0.25, 0.3) is 0 Å². The van der Waals surface area contributed by atoms with Crippen LogP contribution in [0, 0.1) is 0 Å². The van der Waals surface area contributed by atoms with E-state index < -0.39 is 5.60 Å². The monoisotopic (exact) mass is 305 g/mol. The van der Waals surface area contributed by atoms with E-state index >= 15 is 0 Å². The van der Waals surface area contributed by atoms with Crippen molar-refractivity contribution in [2.45, 2.75) is 59.1 Å². The number of fused-ring (bicyclic) bond motifs is 1. The average molecular weight is 305 g/mol. The molecule has 0 aliphatic carbocycles. The largest absolute Gasteiger partial charge is 0.443 e. The topological polar surface area (TPSA) is 55.8 Å². The fraction of sp³-hybridized carbons (Fsp3) is 0.529. The maximum absolute atomic E-state index is 12.4. The molecular weight excluding hydrogens is 282 g/mol. The zero-order chi connectivity index (χ0) is 16.5. The third-order valence-electron chi connectivity index (χ3n) is 3.38. The number of amides is 1. The minimum atomic E-state index is -0.532. The van der Waals surface area contributed by atoms with E-state index in [1.54, 1.807) is 24.0 Å². The highest BCUT2D eigenvalue weighted by molar-refractivity contribution is 5.91. The Balaban J connectivity index is 2.22. The van der Waals surface area contributed by atoms with Crippen molar-refractivity contribution < 1.29 is 19.1 Å². The van der Waals surface area contributed by atoms with E-state index in [1.165, 1.54) is 0 Å². The lowest BCUT2D eigenvalue weighted by atomic mass is 10.1. The maximum Gasteiger partial charge on any atom is 0.415 e. The molecule has 0 saturated heterocycles. The summed E-state index contributed by atoms with van der Waals surface area (Å²) in [5, 5.41) is 0. The first kappa shape index (κ1) is 16.3. The Labute approximate surface area is 131 Å². The minimum Gasteiger partial charge on any atom is -0.443 e. The van der Waals surface area contributed by atoms with Gasteiger partial charge in [-0.2, -0.15) is 0 Å². The predicted molar refractivity (Wildman–Crippen MR) is 84.2 cm³/mol. The van der Waals surface area contributed by atoms with E-state index in [4.69, 9.17) is 9.47 Å². The Morgan fingerprint density at radius 2 is 2.00 bits per heavy atom. The molecule has 0 fully saturated rings. The highest BCUT2D eigenvalue weighted by Gasteiger charge is 2.34. The first-order chi connectivity index (χ1) is 10.2.